The molecule has 0 aromatic heterocycles. The minimum Gasteiger partial charge on any atom is -0.493 e. The molecule has 33 heavy (non-hydrogen) atoms. The summed E-state index contributed by atoms with van der Waals surface area (Å²) < 4.78 is 17.0. The third-order valence-electron chi connectivity index (χ3n) is 6.24. The number of carbonyl (C=O) groups excluding carboxylic acids is 1. The van der Waals surface area contributed by atoms with E-state index in [4.69, 9.17) is 14.2 Å². The van der Waals surface area contributed by atoms with E-state index in [0.717, 1.165) is 22.3 Å². The molecule has 1 unspecified atom stereocenters. The van der Waals surface area contributed by atoms with Crippen LogP contribution in [0.3, 0.4) is 0 Å². The van der Waals surface area contributed by atoms with Crippen LogP contribution in [0.25, 0.3) is 0 Å². The molecule has 1 atom stereocenters. The molecule has 1 aliphatic heterocycles. The smallest absolute Gasteiger partial charge is 0.411 e. The Morgan fingerprint density at radius 2 is 1.64 bits per heavy atom. The quantitative estimate of drug-likeness (QED) is 0.438. The molecule has 1 aliphatic rings. The number of amides is 1. The van der Waals surface area contributed by atoms with Crippen LogP contribution in [0.5, 0.6) is 11.5 Å². The van der Waals surface area contributed by atoms with Crippen LogP contribution in [-0.2, 0) is 23.3 Å². The van der Waals surface area contributed by atoms with Crippen LogP contribution in [0.15, 0.2) is 85.5 Å². The lowest BCUT2D eigenvalue weighted by Gasteiger charge is -2.48. The molecule has 0 N–H and O–H groups in total. The highest BCUT2D eigenvalue weighted by Crippen LogP contribution is 2.47. The molecule has 0 aliphatic carbocycles. The maximum Gasteiger partial charge on any atom is 0.411 e. The van der Waals surface area contributed by atoms with Crippen LogP contribution in [0.2, 0.25) is 0 Å². The van der Waals surface area contributed by atoms with Gasteiger partial charge in [0.1, 0.15) is 12.1 Å². The van der Waals surface area contributed by atoms with Gasteiger partial charge < -0.3 is 14.2 Å². The van der Waals surface area contributed by atoms with Crippen molar-refractivity contribution in [1.29, 1.82) is 0 Å². The number of carbonyl (C=O) groups is 1. The molecule has 4 rings (SSSR count). The second-order valence-corrected chi connectivity index (χ2v) is 8.03. The van der Waals surface area contributed by atoms with Crippen molar-refractivity contribution < 1.29 is 19.0 Å². The average Bonchev–Trinajstić information content (AvgIpc) is 2.87. The fraction of sp³-hybridized carbons (Fsp3) is 0.250. The van der Waals surface area contributed by atoms with Gasteiger partial charge in [-0.25, -0.2) is 4.79 Å². The molecule has 5 nitrogen and oxygen atoms in total. The molecule has 1 heterocycles. The summed E-state index contributed by atoms with van der Waals surface area (Å²) in [5.41, 5.74) is 3.28. The minimum atomic E-state index is -0.774. The number of ether oxygens (including phenoxy) is 3. The van der Waals surface area contributed by atoms with E-state index in [-0.39, 0.29) is 12.7 Å². The number of benzene rings is 3. The van der Waals surface area contributed by atoms with E-state index in [1.54, 1.807) is 14.2 Å². The maximum atomic E-state index is 13.5. The molecule has 0 bridgehead atoms. The van der Waals surface area contributed by atoms with Gasteiger partial charge in [-0.3, -0.25) is 4.90 Å². The Hall–Kier alpha value is -3.73. The van der Waals surface area contributed by atoms with Gasteiger partial charge >= 0.3 is 6.09 Å². The molecule has 5 heteroatoms. The highest BCUT2D eigenvalue weighted by atomic mass is 16.6. The van der Waals surface area contributed by atoms with Crippen molar-refractivity contribution in [3.63, 3.8) is 0 Å². The van der Waals surface area contributed by atoms with Crippen molar-refractivity contribution in [3.8, 4) is 11.5 Å². The first kappa shape index (κ1) is 22.5. The van der Waals surface area contributed by atoms with Crippen molar-refractivity contribution in [1.82, 2.24) is 4.90 Å². The highest BCUT2D eigenvalue weighted by Gasteiger charge is 2.47. The number of fused-ring (bicyclic) bond motifs is 1. The topological polar surface area (TPSA) is 48.0 Å². The lowest BCUT2D eigenvalue weighted by Crippen LogP contribution is -2.54. The van der Waals surface area contributed by atoms with Crippen LogP contribution in [0.1, 0.15) is 28.7 Å². The summed E-state index contributed by atoms with van der Waals surface area (Å²) in [4.78, 5) is 15.4. The predicted molar refractivity (Wildman–Crippen MR) is 129 cm³/mol. The molecule has 0 fully saturated rings. The first-order valence-corrected chi connectivity index (χ1v) is 11.0. The van der Waals surface area contributed by atoms with Crippen molar-refractivity contribution in [3.05, 3.63) is 108 Å². The van der Waals surface area contributed by atoms with Crippen molar-refractivity contribution in [2.75, 3.05) is 20.8 Å². The van der Waals surface area contributed by atoms with Gasteiger partial charge in [-0.05, 0) is 47.2 Å². The van der Waals surface area contributed by atoms with E-state index in [1.165, 1.54) is 0 Å². The molecular weight excluding hydrogens is 414 g/mol. The third-order valence-corrected chi connectivity index (χ3v) is 6.24. The highest BCUT2D eigenvalue weighted by molar-refractivity contribution is 5.72. The van der Waals surface area contributed by atoms with Gasteiger partial charge in [-0.2, -0.15) is 0 Å². The largest absolute Gasteiger partial charge is 0.493 e. The lowest BCUT2D eigenvalue weighted by molar-refractivity contribution is 0.0531. The fourth-order valence-corrected chi connectivity index (χ4v) is 4.70. The zero-order valence-corrected chi connectivity index (χ0v) is 19.1. The summed E-state index contributed by atoms with van der Waals surface area (Å²) in [6.07, 6.45) is 2.71. The van der Waals surface area contributed by atoms with E-state index in [0.29, 0.717) is 30.9 Å². The monoisotopic (exact) mass is 443 g/mol. The average molecular weight is 444 g/mol. The molecule has 170 valence electrons. The number of hydrogen-bond donors (Lipinski definition) is 0. The second-order valence-electron chi connectivity index (χ2n) is 8.03. The molecule has 0 saturated carbocycles. The number of rotatable bonds is 7. The van der Waals surface area contributed by atoms with Gasteiger partial charge in [0.2, 0.25) is 0 Å². The van der Waals surface area contributed by atoms with Crippen molar-refractivity contribution in [2.45, 2.75) is 25.0 Å². The molecule has 1 amide bonds. The predicted octanol–water partition coefficient (Wildman–Crippen LogP) is 5.72. The Labute approximate surface area is 195 Å². The first-order chi connectivity index (χ1) is 16.1. The van der Waals surface area contributed by atoms with Crippen LogP contribution in [0, 0.1) is 0 Å². The molecule has 3 aromatic rings. The maximum absolute atomic E-state index is 13.5. The van der Waals surface area contributed by atoms with Gasteiger partial charge in [-0.1, -0.05) is 66.7 Å². The van der Waals surface area contributed by atoms with Gasteiger partial charge in [0.15, 0.2) is 11.5 Å². The zero-order valence-electron chi connectivity index (χ0n) is 19.1. The van der Waals surface area contributed by atoms with Crippen LogP contribution in [-0.4, -0.2) is 31.8 Å². The van der Waals surface area contributed by atoms with Crippen LogP contribution < -0.4 is 9.47 Å². The summed E-state index contributed by atoms with van der Waals surface area (Å²) >= 11 is 0. The molecule has 3 aromatic carbocycles. The second kappa shape index (κ2) is 9.82. The summed E-state index contributed by atoms with van der Waals surface area (Å²) in [5, 5.41) is 0. The van der Waals surface area contributed by atoms with E-state index in [9.17, 15) is 4.79 Å². The Bertz CT molecular complexity index is 1110. The van der Waals surface area contributed by atoms with Gasteiger partial charge in [0.25, 0.3) is 0 Å². The van der Waals surface area contributed by atoms with Gasteiger partial charge in [0, 0.05) is 6.54 Å². The van der Waals surface area contributed by atoms with Crippen LogP contribution in [0.4, 0.5) is 4.79 Å². The Kier molecular flexibility index (Phi) is 6.68. The molecule has 0 radical (unpaired) electrons. The molecule has 0 spiro atoms. The summed E-state index contributed by atoms with van der Waals surface area (Å²) in [6, 6.07) is 23.8. The summed E-state index contributed by atoms with van der Waals surface area (Å²) in [6.45, 7) is 4.76. The lowest BCUT2D eigenvalue weighted by atomic mass is 9.73. The normalized spacial score (nSPS) is 17.1. The zero-order chi connectivity index (χ0) is 23.3. The summed E-state index contributed by atoms with van der Waals surface area (Å²) in [7, 11) is 3.26. The fourth-order valence-electron chi connectivity index (χ4n) is 4.70. The molecule has 0 saturated heterocycles. The third kappa shape index (κ3) is 4.19. The van der Waals surface area contributed by atoms with Crippen molar-refractivity contribution in [2.24, 2.45) is 0 Å². The van der Waals surface area contributed by atoms with Gasteiger partial charge in [-0.15, -0.1) is 6.58 Å². The Morgan fingerprint density at radius 1 is 1.00 bits per heavy atom. The van der Waals surface area contributed by atoms with E-state index in [2.05, 4.69) is 6.58 Å². The van der Waals surface area contributed by atoms with E-state index < -0.39 is 5.54 Å². The number of nitrogens with zero attached hydrogens (tertiary/aromatic N) is 1. The van der Waals surface area contributed by atoms with Crippen LogP contribution >= 0.6 is 0 Å². The Balaban J connectivity index is 1.83. The number of hydrogen-bond acceptors (Lipinski definition) is 4. The van der Waals surface area contributed by atoms with E-state index in [1.807, 2.05) is 83.8 Å². The van der Waals surface area contributed by atoms with Gasteiger partial charge in [0.05, 0.1) is 14.2 Å². The Morgan fingerprint density at radius 3 is 2.27 bits per heavy atom. The summed E-state index contributed by atoms with van der Waals surface area (Å²) in [5.74, 6) is 1.30. The first-order valence-electron chi connectivity index (χ1n) is 11.0. The number of methoxy groups -OCH3 is 2. The molecular formula is C28H29NO4. The minimum absolute atomic E-state index is 0.216. The SMILES string of the molecule is C=CCC1(c2ccccc2)c2cc(OC)c(OC)cc2CCN1C(=O)OCc1ccccc1. The van der Waals surface area contributed by atoms with E-state index >= 15 is 0 Å². The standard InChI is InChI=1S/C28H29NO4/c1-4-16-28(23-13-9-6-10-14-23)24-19-26(32-3)25(31-2)18-22(24)15-17-29(28)27(30)33-20-21-11-7-5-8-12-21/h4-14,18-19H,1,15-17,20H2,2-3H3. The van der Waals surface area contributed by atoms with Crippen molar-refractivity contribution >= 4 is 6.09 Å².